The minimum atomic E-state index is -0.439. The van der Waals surface area contributed by atoms with E-state index in [0.717, 1.165) is 48.1 Å². The van der Waals surface area contributed by atoms with Gasteiger partial charge < -0.3 is 18.8 Å². The number of carbonyl (C=O) groups is 1. The van der Waals surface area contributed by atoms with Crippen LogP contribution in [0.25, 0.3) is 0 Å². The fraction of sp³-hybridized carbons (Fsp3) is 0.650. The third-order valence-corrected chi connectivity index (χ3v) is 5.75. The largest absolute Gasteiger partial charge is 0.498 e. The van der Waals surface area contributed by atoms with E-state index >= 15 is 0 Å². The van der Waals surface area contributed by atoms with E-state index in [1.54, 1.807) is 4.90 Å². The molecule has 1 aromatic rings. The van der Waals surface area contributed by atoms with Crippen LogP contribution in [0.5, 0.6) is 5.75 Å². The Morgan fingerprint density at radius 3 is 2.67 bits per heavy atom. The van der Waals surface area contributed by atoms with Gasteiger partial charge in [-0.15, -0.1) is 0 Å². The number of benzene rings is 1. The summed E-state index contributed by atoms with van der Waals surface area (Å²) in [7, 11) is 0.984. The molecule has 2 heterocycles. The average molecular weight is 373 g/mol. The molecular formula is C20H28BNO5. The van der Waals surface area contributed by atoms with Gasteiger partial charge in [0.15, 0.2) is 0 Å². The number of methoxy groups -OCH3 is 1. The van der Waals surface area contributed by atoms with Gasteiger partial charge in [-0.3, -0.25) is 4.90 Å². The van der Waals surface area contributed by atoms with E-state index in [1.807, 2.05) is 32.9 Å². The average Bonchev–Trinajstić information content (AvgIpc) is 2.96. The van der Waals surface area contributed by atoms with Gasteiger partial charge in [-0.05, 0) is 58.9 Å². The van der Waals surface area contributed by atoms with Crippen LogP contribution in [0, 0.1) is 0 Å². The summed E-state index contributed by atoms with van der Waals surface area (Å²) in [5.41, 5.74) is 2.53. The first-order chi connectivity index (χ1) is 12.9. The monoisotopic (exact) mass is 373 g/mol. The maximum Gasteiger partial charge on any atom is 0.498 e. The maximum absolute atomic E-state index is 12.4. The molecule has 1 amide bonds. The third kappa shape index (κ3) is 3.43. The van der Waals surface area contributed by atoms with Crippen molar-refractivity contribution in [2.24, 2.45) is 0 Å². The predicted molar refractivity (Wildman–Crippen MR) is 104 cm³/mol. The summed E-state index contributed by atoms with van der Waals surface area (Å²) in [5.74, 6) is 0.834. The summed E-state index contributed by atoms with van der Waals surface area (Å²) in [4.78, 5) is 14.1. The Labute approximate surface area is 161 Å². The molecular weight excluding hydrogens is 345 g/mol. The van der Waals surface area contributed by atoms with Crippen LogP contribution in [0.3, 0.4) is 0 Å². The fourth-order valence-corrected chi connectivity index (χ4v) is 3.97. The van der Waals surface area contributed by atoms with Gasteiger partial charge in [0.25, 0.3) is 0 Å². The molecule has 7 heteroatoms. The summed E-state index contributed by atoms with van der Waals surface area (Å²) in [6.07, 6.45) is 4.95. The molecule has 0 spiro atoms. The second-order valence-corrected chi connectivity index (χ2v) is 8.40. The van der Waals surface area contributed by atoms with Crippen LogP contribution in [0.2, 0.25) is 0 Å². The number of nitrogens with zero attached hydrogens (tertiary/aromatic N) is 1. The Morgan fingerprint density at radius 2 is 2.07 bits per heavy atom. The van der Waals surface area contributed by atoms with Gasteiger partial charge in [-0.25, -0.2) is 4.79 Å². The lowest BCUT2D eigenvalue weighted by atomic mass is 9.76. The number of carbonyl (C=O) groups excluding carboxylic acids is 1. The number of amides is 1. The van der Waals surface area contributed by atoms with Gasteiger partial charge in [0, 0.05) is 17.1 Å². The van der Waals surface area contributed by atoms with E-state index in [2.05, 4.69) is 0 Å². The molecule has 1 atom stereocenters. The zero-order valence-electron chi connectivity index (χ0n) is 16.6. The van der Waals surface area contributed by atoms with Gasteiger partial charge >= 0.3 is 13.2 Å². The van der Waals surface area contributed by atoms with E-state index in [4.69, 9.17) is 18.8 Å². The molecule has 0 N–H and O–H groups in total. The quantitative estimate of drug-likeness (QED) is 0.763. The molecule has 0 aromatic heterocycles. The van der Waals surface area contributed by atoms with E-state index in [9.17, 15) is 4.79 Å². The number of anilines is 1. The van der Waals surface area contributed by atoms with Crippen LogP contribution in [0.15, 0.2) is 12.1 Å². The van der Waals surface area contributed by atoms with Gasteiger partial charge in [0.1, 0.15) is 5.75 Å². The first kappa shape index (κ1) is 18.6. The number of hydrogen-bond donors (Lipinski definition) is 0. The minimum Gasteiger partial charge on any atom is -0.490 e. The lowest BCUT2D eigenvalue weighted by Crippen LogP contribution is -2.44. The molecule has 1 saturated heterocycles. The van der Waals surface area contributed by atoms with Crippen molar-refractivity contribution in [2.75, 3.05) is 18.6 Å². The molecule has 27 heavy (non-hydrogen) atoms. The van der Waals surface area contributed by atoms with Crippen LogP contribution in [-0.2, 0) is 20.5 Å². The summed E-state index contributed by atoms with van der Waals surface area (Å²) >= 11 is 0. The molecule has 2 fully saturated rings. The van der Waals surface area contributed by atoms with Crippen molar-refractivity contribution < 1.29 is 23.6 Å². The van der Waals surface area contributed by atoms with E-state index < -0.39 is 7.12 Å². The number of fused-ring (bicyclic) bond motifs is 1. The summed E-state index contributed by atoms with van der Waals surface area (Å²) in [5, 5.41) is 0. The van der Waals surface area contributed by atoms with Crippen LogP contribution in [0.4, 0.5) is 10.5 Å². The molecule has 0 bridgehead atoms. The molecule has 1 aromatic carbocycles. The number of ether oxygens (including phenoxy) is 2. The minimum absolute atomic E-state index is 0.0882. The zero-order chi connectivity index (χ0) is 19.2. The smallest absolute Gasteiger partial charge is 0.490 e. The van der Waals surface area contributed by atoms with E-state index in [1.165, 1.54) is 13.5 Å². The Morgan fingerprint density at radius 1 is 1.30 bits per heavy atom. The Bertz CT molecular complexity index is 733. The van der Waals surface area contributed by atoms with Gasteiger partial charge in [-0.2, -0.15) is 0 Å². The molecule has 6 nitrogen and oxygen atoms in total. The lowest BCUT2D eigenvalue weighted by Gasteiger charge is -2.37. The van der Waals surface area contributed by atoms with Crippen molar-refractivity contribution in [2.45, 2.75) is 70.6 Å². The highest BCUT2D eigenvalue weighted by molar-refractivity contribution is 6.63. The molecule has 0 radical (unpaired) electrons. The Hall–Kier alpha value is -1.73. The van der Waals surface area contributed by atoms with Crippen LogP contribution in [0.1, 0.15) is 52.0 Å². The third-order valence-electron chi connectivity index (χ3n) is 5.75. The van der Waals surface area contributed by atoms with Crippen molar-refractivity contribution in [3.63, 3.8) is 0 Å². The number of rotatable bonds is 3. The van der Waals surface area contributed by atoms with Gasteiger partial charge in [0.2, 0.25) is 0 Å². The summed E-state index contributed by atoms with van der Waals surface area (Å²) in [6.45, 7) is 6.64. The van der Waals surface area contributed by atoms with Crippen molar-refractivity contribution in [1.82, 2.24) is 0 Å². The zero-order valence-corrected chi connectivity index (χ0v) is 16.6. The molecule has 146 valence electrons. The fourth-order valence-electron chi connectivity index (χ4n) is 3.97. The molecule has 3 aliphatic rings. The first-order valence-corrected chi connectivity index (χ1v) is 9.88. The first-order valence-electron chi connectivity index (χ1n) is 9.88. The van der Waals surface area contributed by atoms with Crippen molar-refractivity contribution in [3.8, 4) is 5.75 Å². The summed E-state index contributed by atoms with van der Waals surface area (Å²) < 4.78 is 23.5. The standard InChI is InChI=1S/C20H28BNO5/c1-13-8-9-15-17(22(13)19(23)24-4)11-10-16(18(15)26-14-6-5-7-14)21-25-12-20(2,3)27-21/h10-11,13-14H,5-9,12H2,1-4H3/t13-/m0/s1. The molecule has 0 unspecified atom stereocenters. The molecule has 1 saturated carbocycles. The second kappa shape index (κ2) is 7.02. The highest BCUT2D eigenvalue weighted by Crippen LogP contribution is 2.39. The maximum atomic E-state index is 12.4. The van der Waals surface area contributed by atoms with Crippen molar-refractivity contribution in [1.29, 1.82) is 0 Å². The molecule has 2 aliphatic heterocycles. The number of hydrogen-bond acceptors (Lipinski definition) is 5. The van der Waals surface area contributed by atoms with Gasteiger partial charge in [-0.1, -0.05) is 6.07 Å². The van der Waals surface area contributed by atoms with E-state index in [0.29, 0.717) is 6.61 Å². The predicted octanol–water partition coefficient (Wildman–Crippen LogP) is 3.05. The van der Waals surface area contributed by atoms with Crippen molar-refractivity contribution in [3.05, 3.63) is 17.7 Å². The highest BCUT2D eigenvalue weighted by atomic mass is 16.7. The topological polar surface area (TPSA) is 57.2 Å². The second-order valence-electron chi connectivity index (χ2n) is 8.40. The normalized spacial score (nSPS) is 24.4. The van der Waals surface area contributed by atoms with Crippen molar-refractivity contribution >= 4 is 24.4 Å². The Kier molecular flexibility index (Phi) is 4.85. The molecule has 1 aliphatic carbocycles. The highest BCUT2D eigenvalue weighted by Gasteiger charge is 2.42. The SMILES string of the molecule is COC(=O)N1c2ccc(B3OCC(C)(C)O3)c(OC3CCC3)c2CC[C@@H]1C. The summed E-state index contributed by atoms with van der Waals surface area (Å²) in [6, 6.07) is 4.04. The van der Waals surface area contributed by atoms with Crippen LogP contribution in [-0.4, -0.2) is 44.7 Å². The van der Waals surface area contributed by atoms with Gasteiger partial charge in [0.05, 0.1) is 31.1 Å². The van der Waals surface area contributed by atoms with Crippen LogP contribution >= 0.6 is 0 Å². The Balaban J connectivity index is 1.76. The lowest BCUT2D eigenvalue weighted by molar-refractivity contribution is 0.119. The van der Waals surface area contributed by atoms with E-state index in [-0.39, 0.29) is 23.8 Å². The van der Waals surface area contributed by atoms with Crippen LogP contribution < -0.4 is 15.1 Å². The molecule has 4 rings (SSSR count).